The molecule has 0 aliphatic heterocycles. The van der Waals surface area contributed by atoms with Gasteiger partial charge in [0.15, 0.2) is 6.29 Å². The first-order chi connectivity index (χ1) is 7.39. The molecule has 16 heavy (non-hydrogen) atoms. The molecule has 0 fully saturated rings. The van der Waals surface area contributed by atoms with Crippen molar-refractivity contribution in [1.29, 1.82) is 0 Å². The van der Waals surface area contributed by atoms with Crippen molar-refractivity contribution in [3.63, 3.8) is 0 Å². The molecule has 0 atom stereocenters. The SMILES string of the molecule is COc1c(C)cnc(OC(F)(F)F)c1C=O. The summed E-state index contributed by atoms with van der Waals surface area (Å²) in [6.45, 7) is 1.55. The minimum atomic E-state index is -4.90. The molecule has 0 aliphatic rings. The van der Waals surface area contributed by atoms with Gasteiger partial charge in [-0.3, -0.25) is 4.79 Å². The maximum absolute atomic E-state index is 12.0. The lowest BCUT2D eigenvalue weighted by atomic mass is 10.2. The summed E-state index contributed by atoms with van der Waals surface area (Å²) in [5.74, 6) is -0.797. The highest BCUT2D eigenvalue weighted by atomic mass is 19.4. The Labute approximate surface area is 89.0 Å². The fourth-order valence-electron chi connectivity index (χ4n) is 1.16. The number of aryl methyl sites for hydroxylation is 1. The van der Waals surface area contributed by atoms with E-state index in [0.29, 0.717) is 5.56 Å². The van der Waals surface area contributed by atoms with E-state index in [-0.39, 0.29) is 17.6 Å². The van der Waals surface area contributed by atoms with Crippen molar-refractivity contribution in [2.24, 2.45) is 0 Å². The van der Waals surface area contributed by atoms with Gasteiger partial charge in [0.2, 0.25) is 5.88 Å². The average molecular weight is 235 g/mol. The molecule has 0 spiro atoms. The third-order valence-electron chi connectivity index (χ3n) is 1.74. The smallest absolute Gasteiger partial charge is 0.495 e. The summed E-state index contributed by atoms with van der Waals surface area (Å²) in [5.41, 5.74) is 0.0824. The van der Waals surface area contributed by atoms with E-state index >= 15 is 0 Å². The van der Waals surface area contributed by atoms with Gasteiger partial charge in [0.25, 0.3) is 0 Å². The zero-order chi connectivity index (χ0) is 12.3. The number of hydrogen-bond acceptors (Lipinski definition) is 4. The summed E-state index contributed by atoms with van der Waals surface area (Å²) in [5, 5.41) is 0. The van der Waals surface area contributed by atoms with Crippen LogP contribution in [-0.4, -0.2) is 24.7 Å². The van der Waals surface area contributed by atoms with Crippen LogP contribution in [0.25, 0.3) is 0 Å². The molecule has 0 radical (unpaired) electrons. The molecule has 0 unspecified atom stereocenters. The number of alkyl halides is 3. The highest BCUT2D eigenvalue weighted by molar-refractivity contribution is 5.83. The van der Waals surface area contributed by atoms with E-state index in [0.717, 1.165) is 6.20 Å². The van der Waals surface area contributed by atoms with Crippen molar-refractivity contribution in [2.75, 3.05) is 7.11 Å². The number of aldehydes is 1. The van der Waals surface area contributed by atoms with E-state index in [1.54, 1.807) is 6.92 Å². The highest BCUT2D eigenvalue weighted by Gasteiger charge is 2.33. The van der Waals surface area contributed by atoms with Crippen LogP contribution in [0.5, 0.6) is 11.6 Å². The maximum atomic E-state index is 12.0. The number of nitrogens with zero attached hydrogens (tertiary/aromatic N) is 1. The van der Waals surface area contributed by atoms with Gasteiger partial charge in [0, 0.05) is 11.8 Å². The maximum Gasteiger partial charge on any atom is 0.574 e. The molecule has 1 aromatic heterocycles. The number of hydrogen-bond donors (Lipinski definition) is 0. The van der Waals surface area contributed by atoms with Crippen LogP contribution in [0.3, 0.4) is 0 Å². The van der Waals surface area contributed by atoms with E-state index < -0.39 is 12.2 Å². The lowest BCUT2D eigenvalue weighted by Crippen LogP contribution is -2.19. The average Bonchev–Trinajstić information content (AvgIpc) is 2.18. The van der Waals surface area contributed by atoms with Gasteiger partial charge in [0.05, 0.1) is 7.11 Å². The first-order valence-electron chi connectivity index (χ1n) is 4.13. The van der Waals surface area contributed by atoms with Crippen LogP contribution in [0, 0.1) is 6.92 Å². The van der Waals surface area contributed by atoms with Gasteiger partial charge in [-0.2, -0.15) is 0 Å². The largest absolute Gasteiger partial charge is 0.574 e. The Balaban J connectivity index is 3.25. The minimum absolute atomic E-state index is 0.0178. The number of methoxy groups -OCH3 is 1. The van der Waals surface area contributed by atoms with Crippen molar-refractivity contribution < 1.29 is 27.4 Å². The second-order valence-electron chi connectivity index (χ2n) is 2.86. The quantitative estimate of drug-likeness (QED) is 0.753. The molecular weight excluding hydrogens is 227 g/mol. The molecule has 1 aromatic rings. The lowest BCUT2D eigenvalue weighted by molar-refractivity contribution is -0.276. The number of carbonyl (C=O) groups is 1. The molecule has 0 aliphatic carbocycles. The van der Waals surface area contributed by atoms with Gasteiger partial charge in [0.1, 0.15) is 11.3 Å². The highest BCUT2D eigenvalue weighted by Crippen LogP contribution is 2.31. The molecule has 0 amide bonds. The Bertz CT molecular complexity index is 404. The van der Waals surface area contributed by atoms with Crippen LogP contribution in [0.2, 0.25) is 0 Å². The van der Waals surface area contributed by atoms with Gasteiger partial charge in [-0.25, -0.2) is 4.98 Å². The number of rotatable bonds is 3. The summed E-state index contributed by atoms with van der Waals surface area (Å²) in [6.07, 6.45) is -3.56. The second kappa shape index (κ2) is 4.38. The van der Waals surface area contributed by atoms with E-state index in [1.807, 2.05) is 0 Å². The van der Waals surface area contributed by atoms with E-state index in [9.17, 15) is 18.0 Å². The molecule has 0 aromatic carbocycles. The molecule has 0 bridgehead atoms. The number of pyridine rings is 1. The van der Waals surface area contributed by atoms with Gasteiger partial charge >= 0.3 is 6.36 Å². The van der Waals surface area contributed by atoms with E-state index in [2.05, 4.69) is 9.72 Å². The summed E-state index contributed by atoms with van der Waals surface area (Å²) in [6, 6.07) is 0. The summed E-state index contributed by atoms with van der Waals surface area (Å²) >= 11 is 0. The Morgan fingerprint density at radius 2 is 2.06 bits per heavy atom. The molecular formula is C9H8F3NO3. The van der Waals surface area contributed by atoms with Gasteiger partial charge in [-0.05, 0) is 6.92 Å². The Morgan fingerprint density at radius 1 is 1.44 bits per heavy atom. The van der Waals surface area contributed by atoms with Crippen LogP contribution in [-0.2, 0) is 0 Å². The molecule has 0 saturated heterocycles. The van der Waals surface area contributed by atoms with Crippen LogP contribution in [0.15, 0.2) is 6.20 Å². The standard InChI is InChI=1S/C9H8F3NO3/c1-5-3-13-8(16-9(10,11)12)6(4-14)7(5)15-2/h3-4H,1-2H3. The summed E-state index contributed by atoms with van der Waals surface area (Å²) in [7, 11) is 1.24. The van der Waals surface area contributed by atoms with E-state index in [1.165, 1.54) is 7.11 Å². The van der Waals surface area contributed by atoms with Crippen molar-refractivity contribution in [3.8, 4) is 11.6 Å². The van der Waals surface area contributed by atoms with Crippen molar-refractivity contribution >= 4 is 6.29 Å². The minimum Gasteiger partial charge on any atom is -0.495 e. The Hall–Kier alpha value is -1.79. The molecule has 1 rings (SSSR count). The molecule has 1 heterocycles. The lowest BCUT2D eigenvalue weighted by Gasteiger charge is -2.13. The normalized spacial score (nSPS) is 11.1. The fraction of sp³-hybridized carbons (Fsp3) is 0.333. The predicted molar refractivity (Wildman–Crippen MR) is 47.6 cm³/mol. The first-order valence-corrected chi connectivity index (χ1v) is 4.13. The number of aromatic nitrogens is 1. The predicted octanol–water partition coefficient (Wildman–Crippen LogP) is 2.11. The number of ether oxygens (including phenoxy) is 2. The second-order valence-corrected chi connectivity index (χ2v) is 2.86. The number of carbonyl (C=O) groups excluding carboxylic acids is 1. The Kier molecular flexibility index (Phi) is 3.36. The summed E-state index contributed by atoms with van der Waals surface area (Å²) < 4.78 is 44.3. The molecule has 0 saturated carbocycles. The topological polar surface area (TPSA) is 48.4 Å². The molecule has 4 nitrogen and oxygen atoms in total. The van der Waals surface area contributed by atoms with Crippen LogP contribution < -0.4 is 9.47 Å². The first kappa shape index (κ1) is 12.3. The van der Waals surface area contributed by atoms with Crippen molar-refractivity contribution in [1.82, 2.24) is 4.98 Å². The van der Waals surface area contributed by atoms with Gasteiger partial charge in [-0.1, -0.05) is 0 Å². The van der Waals surface area contributed by atoms with Crippen LogP contribution in [0.4, 0.5) is 13.2 Å². The van der Waals surface area contributed by atoms with Crippen LogP contribution in [0.1, 0.15) is 15.9 Å². The Morgan fingerprint density at radius 3 is 2.50 bits per heavy atom. The summed E-state index contributed by atoms with van der Waals surface area (Å²) in [4.78, 5) is 14.1. The van der Waals surface area contributed by atoms with Crippen LogP contribution >= 0.6 is 0 Å². The van der Waals surface area contributed by atoms with Gasteiger partial charge in [-0.15, -0.1) is 13.2 Å². The third-order valence-corrected chi connectivity index (χ3v) is 1.74. The number of halogens is 3. The van der Waals surface area contributed by atoms with Gasteiger partial charge < -0.3 is 9.47 Å². The molecule has 0 N–H and O–H groups in total. The monoisotopic (exact) mass is 235 g/mol. The molecule has 7 heteroatoms. The van der Waals surface area contributed by atoms with Crippen molar-refractivity contribution in [2.45, 2.75) is 13.3 Å². The molecule has 88 valence electrons. The van der Waals surface area contributed by atoms with Crippen molar-refractivity contribution in [3.05, 3.63) is 17.3 Å². The third kappa shape index (κ3) is 2.62. The fourth-order valence-corrected chi connectivity index (χ4v) is 1.16. The zero-order valence-electron chi connectivity index (χ0n) is 8.46. The van der Waals surface area contributed by atoms with E-state index in [4.69, 9.17) is 4.74 Å². The zero-order valence-corrected chi connectivity index (χ0v) is 8.46.